The third-order valence-electron chi connectivity index (χ3n) is 8.14. The van der Waals surface area contributed by atoms with E-state index in [0.717, 1.165) is 30.5 Å². The number of hydrogen-bond acceptors (Lipinski definition) is 4. The van der Waals surface area contributed by atoms with Crippen LogP contribution >= 0.6 is 11.6 Å². The van der Waals surface area contributed by atoms with Crippen LogP contribution in [0.4, 0.5) is 0 Å². The third kappa shape index (κ3) is 5.80. The van der Waals surface area contributed by atoms with Crippen molar-refractivity contribution in [3.8, 4) is 0 Å². The monoisotopic (exact) mass is 557 g/mol. The zero-order valence-electron chi connectivity index (χ0n) is 22.3. The van der Waals surface area contributed by atoms with Crippen molar-refractivity contribution in [2.24, 2.45) is 23.2 Å². The second-order valence-electron chi connectivity index (χ2n) is 10.9. The Labute approximate surface area is 238 Å². The van der Waals surface area contributed by atoms with Gasteiger partial charge in [0.2, 0.25) is 0 Å². The van der Waals surface area contributed by atoms with Crippen LogP contribution in [0.2, 0.25) is 0 Å². The third-order valence-corrected chi connectivity index (χ3v) is 8.48. The van der Waals surface area contributed by atoms with Crippen molar-refractivity contribution in [3.05, 3.63) is 113 Å². The SMILES string of the molecule is CC1=C[C@@H](/C=C(\Cl)c2ccc(C(=O)O)cc2)[C@]2(C(=O)O)C=C[C@@H](CCn3cc(Cc4ccccc4)nn3)C[C@@H]2C1. The molecule has 4 atom stereocenters. The highest BCUT2D eigenvalue weighted by Gasteiger charge is 2.52. The van der Waals surface area contributed by atoms with E-state index in [0.29, 0.717) is 23.6 Å². The maximum atomic E-state index is 12.9. The number of benzene rings is 2. The number of aliphatic carboxylic acids is 1. The van der Waals surface area contributed by atoms with E-state index >= 15 is 0 Å². The first-order chi connectivity index (χ1) is 19.2. The van der Waals surface area contributed by atoms with Crippen LogP contribution in [0.5, 0.6) is 0 Å². The molecule has 2 N–H and O–H groups in total. The molecule has 8 heteroatoms. The van der Waals surface area contributed by atoms with Crippen LogP contribution in [0.25, 0.3) is 5.03 Å². The van der Waals surface area contributed by atoms with Gasteiger partial charge in [-0.25, -0.2) is 4.79 Å². The summed E-state index contributed by atoms with van der Waals surface area (Å²) in [5.41, 5.74) is 2.99. The zero-order valence-corrected chi connectivity index (χ0v) is 23.0. The molecule has 206 valence electrons. The van der Waals surface area contributed by atoms with Crippen molar-refractivity contribution in [2.75, 3.05) is 0 Å². The van der Waals surface area contributed by atoms with Crippen LogP contribution in [0.15, 0.2) is 90.7 Å². The summed E-state index contributed by atoms with van der Waals surface area (Å²) in [4.78, 5) is 24.1. The van der Waals surface area contributed by atoms with Gasteiger partial charge in [-0.2, -0.15) is 0 Å². The topological polar surface area (TPSA) is 105 Å². The molecular formula is C32H32ClN3O4. The Bertz CT molecular complexity index is 1480. The summed E-state index contributed by atoms with van der Waals surface area (Å²) < 4.78 is 1.87. The first-order valence-corrected chi connectivity index (χ1v) is 13.9. The first-order valence-electron chi connectivity index (χ1n) is 13.5. The molecule has 5 rings (SSSR count). The van der Waals surface area contributed by atoms with Gasteiger partial charge in [-0.05, 0) is 61.3 Å². The quantitative estimate of drug-likeness (QED) is 0.292. The Morgan fingerprint density at radius 2 is 1.82 bits per heavy atom. The Morgan fingerprint density at radius 3 is 2.52 bits per heavy atom. The number of carbonyl (C=O) groups is 2. The van der Waals surface area contributed by atoms with Gasteiger partial charge in [0.25, 0.3) is 0 Å². The molecule has 2 aliphatic carbocycles. The number of aromatic carboxylic acids is 1. The molecule has 0 spiro atoms. The van der Waals surface area contributed by atoms with Gasteiger partial charge in [-0.1, -0.05) is 89.2 Å². The summed E-state index contributed by atoms with van der Waals surface area (Å²) >= 11 is 6.67. The molecule has 0 amide bonds. The van der Waals surface area contributed by atoms with E-state index in [2.05, 4.69) is 28.5 Å². The molecule has 0 unspecified atom stereocenters. The Balaban J connectivity index is 1.31. The van der Waals surface area contributed by atoms with Gasteiger partial charge in [0.15, 0.2) is 0 Å². The molecule has 2 aliphatic rings. The molecular weight excluding hydrogens is 526 g/mol. The molecule has 0 bridgehead atoms. The van der Waals surface area contributed by atoms with Gasteiger partial charge < -0.3 is 10.2 Å². The van der Waals surface area contributed by atoms with Crippen molar-refractivity contribution >= 4 is 28.6 Å². The van der Waals surface area contributed by atoms with E-state index in [9.17, 15) is 19.8 Å². The minimum atomic E-state index is -1.09. The highest BCUT2D eigenvalue weighted by atomic mass is 35.5. The van der Waals surface area contributed by atoms with Crippen LogP contribution in [0.1, 0.15) is 53.4 Å². The predicted octanol–water partition coefficient (Wildman–Crippen LogP) is 6.47. The number of carboxylic acids is 2. The van der Waals surface area contributed by atoms with Crippen molar-refractivity contribution in [2.45, 2.75) is 39.2 Å². The number of halogens is 1. The maximum Gasteiger partial charge on any atom is 0.335 e. The van der Waals surface area contributed by atoms with Crippen LogP contribution in [0.3, 0.4) is 0 Å². The van der Waals surface area contributed by atoms with E-state index in [1.807, 2.05) is 48.2 Å². The summed E-state index contributed by atoms with van der Waals surface area (Å²) in [5.74, 6) is -2.14. The number of rotatable bonds is 9. The number of aryl methyl sites for hydroxylation is 1. The van der Waals surface area contributed by atoms with Crippen LogP contribution < -0.4 is 0 Å². The highest BCUT2D eigenvalue weighted by Crippen LogP contribution is 2.53. The van der Waals surface area contributed by atoms with Gasteiger partial charge in [0.05, 0.1) is 16.7 Å². The lowest BCUT2D eigenvalue weighted by molar-refractivity contribution is -0.152. The molecule has 1 heterocycles. The minimum absolute atomic E-state index is 0.0745. The Kier molecular flexibility index (Phi) is 8.03. The fourth-order valence-electron chi connectivity index (χ4n) is 6.05. The second-order valence-corrected chi connectivity index (χ2v) is 11.3. The van der Waals surface area contributed by atoms with E-state index in [-0.39, 0.29) is 17.4 Å². The normalized spacial score (nSPS) is 24.3. The molecule has 0 aliphatic heterocycles. The molecule has 0 saturated carbocycles. The lowest BCUT2D eigenvalue weighted by Crippen LogP contribution is -2.47. The average molecular weight is 558 g/mol. The first kappa shape index (κ1) is 27.6. The number of aromatic nitrogens is 3. The lowest BCUT2D eigenvalue weighted by atomic mass is 9.56. The Morgan fingerprint density at radius 1 is 1.10 bits per heavy atom. The van der Waals surface area contributed by atoms with Gasteiger partial charge in [-0.3, -0.25) is 9.48 Å². The van der Waals surface area contributed by atoms with E-state index in [1.165, 1.54) is 17.7 Å². The average Bonchev–Trinajstić information content (AvgIpc) is 3.39. The van der Waals surface area contributed by atoms with E-state index in [4.69, 9.17) is 11.6 Å². The van der Waals surface area contributed by atoms with Crippen LogP contribution in [0, 0.1) is 23.2 Å². The standard InChI is InChI=1S/C32H32ClN3O4/c1-21-15-26-17-23(12-14-36-20-28(34-35-36)18-22-5-3-2-4-6-22)11-13-32(26,31(39)40)27(16-21)19-29(33)24-7-9-25(10-8-24)30(37)38/h2-11,13,16,19-20,23,26-27H,12,14-15,17-18H2,1H3,(H,37,38)(H,39,40)/b29-19-/t23-,26-,27-,32-/m0/s1. The Hall–Kier alpha value is -3.97. The molecule has 0 fully saturated rings. The largest absolute Gasteiger partial charge is 0.481 e. The van der Waals surface area contributed by atoms with Crippen LogP contribution in [-0.2, 0) is 17.8 Å². The smallest absolute Gasteiger partial charge is 0.335 e. The fourth-order valence-corrected chi connectivity index (χ4v) is 6.32. The molecule has 0 radical (unpaired) electrons. The van der Waals surface area contributed by atoms with Gasteiger partial charge in [0, 0.05) is 30.1 Å². The molecule has 40 heavy (non-hydrogen) atoms. The molecule has 1 aromatic heterocycles. The summed E-state index contributed by atoms with van der Waals surface area (Å²) in [7, 11) is 0. The number of fused-ring (bicyclic) bond motifs is 1. The zero-order chi connectivity index (χ0) is 28.3. The number of nitrogens with zero attached hydrogens (tertiary/aromatic N) is 3. The predicted molar refractivity (Wildman–Crippen MR) is 154 cm³/mol. The van der Waals surface area contributed by atoms with E-state index < -0.39 is 23.3 Å². The molecule has 2 aromatic carbocycles. The summed E-state index contributed by atoms with van der Waals surface area (Å²) in [5, 5.41) is 28.7. The van der Waals surface area contributed by atoms with Crippen molar-refractivity contribution in [1.82, 2.24) is 15.0 Å². The summed E-state index contributed by atoms with van der Waals surface area (Å²) in [6.45, 7) is 2.75. The van der Waals surface area contributed by atoms with Gasteiger partial charge in [-0.15, -0.1) is 5.10 Å². The van der Waals surface area contributed by atoms with Crippen molar-refractivity contribution in [1.29, 1.82) is 0 Å². The summed E-state index contributed by atoms with van der Waals surface area (Å²) in [6, 6.07) is 16.5. The fraction of sp³-hybridized carbons (Fsp3) is 0.312. The van der Waals surface area contributed by atoms with E-state index in [1.54, 1.807) is 18.2 Å². The number of carboxylic acid groups (broad SMARTS) is 2. The van der Waals surface area contributed by atoms with Crippen molar-refractivity contribution < 1.29 is 19.8 Å². The molecule has 7 nitrogen and oxygen atoms in total. The van der Waals surface area contributed by atoms with Crippen LogP contribution in [-0.4, -0.2) is 37.1 Å². The summed E-state index contributed by atoms with van der Waals surface area (Å²) in [6.07, 6.45) is 12.8. The lowest BCUT2D eigenvalue weighted by Gasteiger charge is -2.46. The maximum absolute atomic E-state index is 12.9. The highest BCUT2D eigenvalue weighted by molar-refractivity contribution is 6.48. The second kappa shape index (κ2) is 11.6. The number of allylic oxidation sites excluding steroid dienone is 4. The van der Waals surface area contributed by atoms with Crippen molar-refractivity contribution in [3.63, 3.8) is 0 Å². The number of hydrogen-bond donors (Lipinski definition) is 2. The molecule has 3 aromatic rings. The van der Waals surface area contributed by atoms with Gasteiger partial charge >= 0.3 is 11.9 Å². The van der Waals surface area contributed by atoms with Gasteiger partial charge in [0.1, 0.15) is 0 Å². The molecule has 0 saturated heterocycles. The minimum Gasteiger partial charge on any atom is -0.481 e.